The highest BCUT2D eigenvalue weighted by molar-refractivity contribution is 7.99. The van der Waals surface area contributed by atoms with E-state index in [2.05, 4.69) is 9.97 Å². The van der Waals surface area contributed by atoms with E-state index in [1.807, 2.05) is 0 Å². The molecule has 1 fully saturated rings. The van der Waals surface area contributed by atoms with Gasteiger partial charge in [0.25, 0.3) is 0 Å². The third kappa shape index (κ3) is 3.19. The lowest BCUT2D eigenvalue weighted by Gasteiger charge is -2.08. The van der Waals surface area contributed by atoms with Gasteiger partial charge in [0.05, 0.1) is 5.69 Å². The molecule has 1 N–H and O–H groups in total. The van der Waals surface area contributed by atoms with Crippen molar-refractivity contribution in [1.82, 2.24) is 9.97 Å². The Labute approximate surface area is 105 Å². The van der Waals surface area contributed by atoms with Gasteiger partial charge >= 0.3 is 5.97 Å². The zero-order chi connectivity index (χ0) is 12.4. The van der Waals surface area contributed by atoms with E-state index in [-0.39, 0.29) is 5.56 Å². The number of hydrogen-bond donors (Lipinski definition) is 1. The van der Waals surface area contributed by atoms with Crippen molar-refractivity contribution in [1.29, 1.82) is 0 Å². The topological polar surface area (TPSA) is 63.1 Å². The third-order valence-electron chi connectivity index (χ3n) is 2.84. The number of aromatic nitrogens is 2. The SMILES string of the molecule is Cc1nc(C)c(C(=O)O)c(SCCC2CC2)n1. The molecule has 92 valence electrons. The Hall–Kier alpha value is -1.10. The van der Waals surface area contributed by atoms with E-state index in [0.29, 0.717) is 16.5 Å². The number of carbonyl (C=O) groups is 1. The van der Waals surface area contributed by atoms with E-state index in [0.717, 1.165) is 18.1 Å². The number of thioether (sulfide) groups is 1. The molecule has 0 saturated heterocycles. The molecule has 1 aliphatic rings. The molecule has 17 heavy (non-hydrogen) atoms. The van der Waals surface area contributed by atoms with Gasteiger partial charge in [0.2, 0.25) is 0 Å². The number of nitrogens with zero attached hydrogens (tertiary/aromatic N) is 2. The third-order valence-corrected chi connectivity index (χ3v) is 3.85. The van der Waals surface area contributed by atoms with Crippen LogP contribution in [-0.4, -0.2) is 26.8 Å². The van der Waals surface area contributed by atoms with Crippen molar-refractivity contribution in [3.05, 3.63) is 17.1 Å². The molecule has 4 nitrogen and oxygen atoms in total. The smallest absolute Gasteiger partial charge is 0.340 e. The van der Waals surface area contributed by atoms with E-state index in [4.69, 9.17) is 5.11 Å². The molecule has 0 atom stereocenters. The zero-order valence-electron chi connectivity index (χ0n) is 10.1. The standard InChI is InChI=1S/C12H16N2O2S/c1-7-10(12(15)16)11(14-8(2)13-7)17-6-5-9-3-4-9/h9H,3-6H2,1-2H3,(H,15,16). The average Bonchev–Trinajstić information content (AvgIpc) is 2.99. The normalized spacial score (nSPS) is 14.9. The van der Waals surface area contributed by atoms with Crippen molar-refractivity contribution in [3.8, 4) is 0 Å². The Morgan fingerprint density at radius 2 is 2.12 bits per heavy atom. The van der Waals surface area contributed by atoms with E-state index >= 15 is 0 Å². The first kappa shape index (κ1) is 12.4. The van der Waals surface area contributed by atoms with Gasteiger partial charge in [-0.15, -0.1) is 11.8 Å². The van der Waals surface area contributed by atoms with Crippen LogP contribution in [-0.2, 0) is 0 Å². The van der Waals surface area contributed by atoms with Crippen molar-refractivity contribution < 1.29 is 9.90 Å². The van der Waals surface area contributed by atoms with Crippen molar-refractivity contribution in [2.45, 2.75) is 38.1 Å². The highest BCUT2D eigenvalue weighted by Crippen LogP contribution is 2.35. The molecule has 0 bridgehead atoms. The van der Waals surface area contributed by atoms with E-state index in [1.54, 1.807) is 25.6 Å². The number of carboxylic acids is 1. The number of hydrogen-bond acceptors (Lipinski definition) is 4. The summed E-state index contributed by atoms with van der Waals surface area (Å²) in [5.74, 6) is 1.51. The molecule has 1 saturated carbocycles. The quantitative estimate of drug-likeness (QED) is 0.644. The molecule has 5 heteroatoms. The molecular formula is C12H16N2O2S. The van der Waals surface area contributed by atoms with Crippen molar-refractivity contribution in [3.63, 3.8) is 0 Å². The van der Waals surface area contributed by atoms with Crippen LogP contribution in [0.2, 0.25) is 0 Å². The van der Waals surface area contributed by atoms with Crippen LogP contribution in [0, 0.1) is 19.8 Å². The van der Waals surface area contributed by atoms with Gasteiger partial charge in [-0.2, -0.15) is 0 Å². The molecule has 1 aliphatic carbocycles. The highest BCUT2D eigenvalue weighted by Gasteiger charge is 2.22. The zero-order valence-corrected chi connectivity index (χ0v) is 10.9. The monoisotopic (exact) mass is 252 g/mol. The lowest BCUT2D eigenvalue weighted by Crippen LogP contribution is -2.08. The molecule has 0 aromatic carbocycles. The average molecular weight is 252 g/mol. The summed E-state index contributed by atoms with van der Waals surface area (Å²) in [5, 5.41) is 9.78. The Morgan fingerprint density at radius 1 is 1.41 bits per heavy atom. The fourth-order valence-corrected chi connectivity index (χ4v) is 2.98. The summed E-state index contributed by atoms with van der Waals surface area (Å²) in [7, 11) is 0. The first-order valence-electron chi connectivity index (χ1n) is 5.79. The maximum atomic E-state index is 11.2. The van der Waals surface area contributed by atoms with Crippen molar-refractivity contribution in [2.75, 3.05) is 5.75 Å². The molecular weight excluding hydrogens is 236 g/mol. The lowest BCUT2D eigenvalue weighted by atomic mass is 10.2. The predicted molar refractivity (Wildman–Crippen MR) is 66.5 cm³/mol. The van der Waals surface area contributed by atoms with Crippen LogP contribution >= 0.6 is 11.8 Å². The maximum absolute atomic E-state index is 11.2. The molecule has 0 radical (unpaired) electrons. The summed E-state index contributed by atoms with van der Waals surface area (Å²) >= 11 is 1.54. The minimum Gasteiger partial charge on any atom is -0.478 e. The summed E-state index contributed by atoms with van der Waals surface area (Å²) in [6.07, 6.45) is 3.81. The van der Waals surface area contributed by atoms with Crippen LogP contribution in [0.4, 0.5) is 0 Å². The second-order valence-corrected chi connectivity index (χ2v) is 5.51. The Balaban J connectivity index is 2.14. The molecule has 0 amide bonds. The summed E-state index contributed by atoms with van der Waals surface area (Å²) in [6, 6.07) is 0. The Morgan fingerprint density at radius 3 is 2.71 bits per heavy atom. The van der Waals surface area contributed by atoms with Crippen LogP contribution in [0.1, 0.15) is 41.1 Å². The van der Waals surface area contributed by atoms with Crippen LogP contribution in [0.15, 0.2) is 5.03 Å². The lowest BCUT2D eigenvalue weighted by molar-refractivity contribution is 0.0690. The van der Waals surface area contributed by atoms with Gasteiger partial charge in [0.1, 0.15) is 16.4 Å². The fourth-order valence-electron chi connectivity index (χ4n) is 1.76. The molecule has 2 rings (SSSR count). The first-order chi connectivity index (χ1) is 8.08. The maximum Gasteiger partial charge on any atom is 0.340 e. The van der Waals surface area contributed by atoms with Crippen LogP contribution in [0.25, 0.3) is 0 Å². The summed E-state index contributed by atoms with van der Waals surface area (Å²) in [4.78, 5) is 19.5. The van der Waals surface area contributed by atoms with Crippen LogP contribution in [0.5, 0.6) is 0 Å². The number of carboxylic acid groups (broad SMARTS) is 1. The molecule has 1 aromatic heterocycles. The largest absolute Gasteiger partial charge is 0.478 e. The minimum absolute atomic E-state index is 0.261. The van der Waals surface area contributed by atoms with Gasteiger partial charge in [-0.25, -0.2) is 14.8 Å². The van der Waals surface area contributed by atoms with E-state index in [1.165, 1.54) is 12.8 Å². The van der Waals surface area contributed by atoms with E-state index < -0.39 is 5.97 Å². The van der Waals surface area contributed by atoms with Gasteiger partial charge in [0, 0.05) is 0 Å². The molecule has 1 heterocycles. The number of aromatic carboxylic acids is 1. The predicted octanol–water partition coefficient (Wildman–Crippen LogP) is 2.68. The second kappa shape index (κ2) is 5.04. The summed E-state index contributed by atoms with van der Waals surface area (Å²) in [6.45, 7) is 3.52. The van der Waals surface area contributed by atoms with Crippen molar-refractivity contribution in [2.24, 2.45) is 5.92 Å². The first-order valence-corrected chi connectivity index (χ1v) is 6.78. The molecule has 0 unspecified atom stereocenters. The fraction of sp³-hybridized carbons (Fsp3) is 0.583. The Kier molecular flexibility index (Phi) is 3.66. The molecule has 0 spiro atoms. The second-order valence-electron chi connectivity index (χ2n) is 4.42. The van der Waals surface area contributed by atoms with Gasteiger partial charge in [-0.05, 0) is 31.9 Å². The van der Waals surface area contributed by atoms with Gasteiger partial charge in [-0.1, -0.05) is 12.8 Å². The van der Waals surface area contributed by atoms with E-state index in [9.17, 15) is 4.79 Å². The Bertz CT molecular complexity index is 444. The molecule has 1 aromatic rings. The number of aryl methyl sites for hydroxylation is 2. The van der Waals surface area contributed by atoms with Crippen LogP contribution in [0.3, 0.4) is 0 Å². The highest BCUT2D eigenvalue weighted by atomic mass is 32.2. The minimum atomic E-state index is -0.934. The summed E-state index contributed by atoms with van der Waals surface area (Å²) < 4.78 is 0. The van der Waals surface area contributed by atoms with Gasteiger partial charge in [-0.3, -0.25) is 0 Å². The molecule has 0 aliphatic heterocycles. The van der Waals surface area contributed by atoms with Crippen molar-refractivity contribution >= 4 is 17.7 Å². The van der Waals surface area contributed by atoms with Crippen LogP contribution < -0.4 is 0 Å². The summed E-state index contributed by atoms with van der Waals surface area (Å²) in [5.41, 5.74) is 0.815. The number of rotatable bonds is 5. The van der Waals surface area contributed by atoms with Gasteiger partial charge in [0.15, 0.2) is 0 Å². The van der Waals surface area contributed by atoms with Gasteiger partial charge < -0.3 is 5.11 Å².